The van der Waals surface area contributed by atoms with Crippen molar-refractivity contribution in [3.05, 3.63) is 0 Å². The third-order valence-electron chi connectivity index (χ3n) is 2.63. The molecule has 3 heteroatoms. The van der Waals surface area contributed by atoms with Crippen molar-refractivity contribution >= 4 is 0 Å². The van der Waals surface area contributed by atoms with Crippen molar-refractivity contribution in [3.8, 4) is 0 Å². The second kappa shape index (κ2) is 7.21. The van der Waals surface area contributed by atoms with Gasteiger partial charge >= 0.3 is 0 Å². The Labute approximate surface area is 87.2 Å². The lowest BCUT2D eigenvalue weighted by Gasteiger charge is -2.24. The fourth-order valence-corrected chi connectivity index (χ4v) is 1.68. The molecule has 14 heavy (non-hydrogen) atoms. The maximum atomic E-state index is 5.73. The standard InChI is InChI=1S/C11H23NO2/c1-3-13-8-10(2)14-9-11-4-6-12-7-5-11/h10-12H,3-9H2,1-2H3. The summed E-state index contributed by atoms with van der Waals surface area (Å²) in [7, 11) is 0. The number of ether oxygens (including phenoxy) is 2. The molecule has 1 N–H and O–H groups in total. The van der Waals surface area contributed by atoms with Crippen LogP contribution < -0.4 is 5.32 Å². The van der Waals surface area contributed by atoms with E-state index in [-0.39, 0.29) is 6.10 Å². The molecule has 1 saturated heterocycles. The third kappa shape index (κ3) is 4.94. The summed E-state index contributed by atoms with van der Waals surface area (Å²) in [6, 6.07) is 0. The molecule has 1 aliphatic heterocycles. The lowest BCUT2D eigenvalue weighted by atomic mass is 9.99. The summed E-state index contributed by atoms with van der Waals surface area (Å²) in [4.78, 5) is 0. The topological polar surface area (TPSA) is 30.5 Å². The van der Waals surface area contributed by atoms with Crippen LogP contribution in [0.3, 0.4) is 0 Å². The van der Waals surface area contributed by atoms with Gasteiger partial charge in [0.1, 0.15) is 0 Å². The number of nitrogens with one attached hydrogen (secondary N) is 1. The van der Waals surface area contributed by atoms with Crippen LogP contribution in [0.15, 0.2) is 0 Å². The van der Waals surface area contributed by atoms with Gasteiger partial charge in [0, 0.05) is 13.2 Å². The predicted octanol–water partition coefficient (Wildman–Crippen LogP) is 1.43. The van der Waals surface area contributed by atoms with Crippen molar-refractivity contribution in [3.63, 3.8) is 0 Å². The first-order valence-electron chi connectivity index (χ1n) is 5.73. The maximum absolute atomic E-state index is 5.73. The van der Waals surface area contributed by atoms with Gasteiger partial charge in [-0.3, -0.25) is 0 Å². The van der Waals surface area contributed by atoms with E-state index < -0.39 is 0 Å². The molecule has 1 atom stereocenters. The highest BCUT2D eigenvalue weighted by Gasteiger charge is 2.14. The van der Waals surface area contributed by atoms with Crippen molar-refractivity contribution in [2.24, 2.45) is 5.92 Å². The van der Waals surface area contributed by atoms with Gasteiger partial charge in [-0.15, -0.1) is 0 Å². The molecule has 0 spiro atoms. The Morgan fingerprint density at radius 1 is 1.36 bits per heavy atom. The van der Waals surface area contributed by atoms with E-state index in [2.05, 4.69) is 12.2 Å². The van der Waals surface area contributed by atoms with E-state index in [1.165, 1.54) is 12.8 Å². The second-order valence-electron chi connectivity index (χ2n) is 4.00. The quantitative estimate of drug-likeness (QED) is 0.705. The van der Waals surface area contributed by atoms with Gasteiger partial charge in [-0.2, -0.15) is 0 Å². The SMILES string of the molecule is CCOCC(C)OCC1CCNCC1. The fraction of sp³-hybridized carbons (Fsp3) is 1.00. The van der Waals surface area contributed by atoms with E-state index in [4.69, 9.17) is 9.47 Å². The van der Waals surface area contributed by atoms with Crippen LogP contribution in [0.1, 0.15) is 26.7 Å². The number of piperidine rings is 1. The lowest BCUT2D eigenvalue weighted by molar-refractivity contribution is -0.0205. The number of rotatable bonds is 6. The van der Waals surface area contributed by atoms with Gasteiger partial charge in [-0.1, -0.05) is 0 Å². The van der Waals surface area contributed by atoms with Crippen LogP contribution in [-0.4, -0.2) is 39.0 Å². The summed E-state index contributed by atoms with van der Waals surface area (Å²) in [6.45, 7) is 8.79. The molecule has 1 rings (SSSR count). The summed E-state index contributed by atoms with van der Waals surface area (Å²) in [5.41, 5.74) is 0. The molecule has 0 aliphatic carbocycles. The molecule has 84 valence electrons. The average molecular weight is 201 g/mol. The zero-order valence-corrected chi connectivity index (χ0v) is 9.42. The minimum Gasteiger partial charge on any atom is -0.379 e. The zero-order chi connectivity index (χ0) is 10.2. The molecule has 0 aromatic carbocycles. The Bertz CT molecular complexity index is 135. The Morgan fingerprint density at radius 3 is 2.71 bits per heavy atom. The van der Waals surface area contributed by atoms with Gasteiger partial charge in [0.05, 0.1) is 12.7 Å². The van der Waals surface area contributed by atoms with Crippen molar-refractivity contribution in [1.82, 2.24) is 5.32 Å². The fourth-order valence-electron chi connectivity index (χ4n) is 1.68. The highest BCUT2D eigenvalue weighted by Crippen LogP contribution is 2.12. The average Bonchev–Trinajstić information content (AvgIpc) is 2.25. The van der Waals surface area contributed by atoms with Crippen LogP contribution in [0.5, 0.6) is 0 Å². The van der Waals surface area contributed by atoms with Crippen molar-refractivity contribution < 1.29 is 9.47 Å². The molecule has 1 aliphatic rings. The summed E-state index contributed by atoms with van der Waals surface area (Å²) < 4.78 is 11.0. The summed E-state index contributed by atoms with van der Waals surface area (Å²) in [5.74, 6) is 0.750. The molecular weight excluding hydrogens is 178 g/mol. The Morgan fingerprint density at radius 2 is 2.07 bits per heavy atom. The Kier molecular flexibility index (Phi) is 6.15. The van der Waals surface area contributed by atoms with E-state index in [1.807, 2.05) is 6.92 Å². The Hall–Kier alpha value is -0.120. The van der Waals surface area contributed by atoms with Gasteiger partial charge in [-0.05, 0) is 45.7 Å². The molecule has 1 fully saturated rings. The zero-order valence-electron chi connectivity index (χ0n) is 9.42. The molecule has 3 nitrogen and oxygen atoms in total. The maximum Gasteiger partial charge on any atom is 0.0780 e. The summed E-state index contributed by atoms with van der Waals surface area (Å²) in [6.07, 6.45) is 2.74. The molecule has 0 bridgehead atoms. The normalized spacial score (nSPS) is 21.0. The second-order valence-corrected chi connectivity index (χ2v) is 4.00. The van der Waals surface area contributed by atoms with Crippen molar-refractivity contribution in [2.75, 3.05) is 32.9 Å². The largest absolute Gasteiger partial charge is 0.379 e. The van der Waals surface area contributed by atoms with Crippen LogP contribution in [0.4, 0.5) is 0 Å². The predicted molar refractivity (Wildman–Crippen MR) is 57.5 cm³/mol. The van der Waals surface area contributed by atoms with Crippen LogP contribution in [0.25, 0.3) is 0 Å². The molecule has 1 heterocycles. The van der Waals surface area contributed by atoms with Crippen molar-refractivity contribution in [1.29, 1.82) is 0 Å². The van der Waals surface area contributed by atoms with Gasteiger partial charge in [-0.25, -0.2) is 0 Å². The minimum atomic E-state index is 0.241. The number of hydrogen-bond acceptors (Lipinski definition) is 3. The first-order valence-corrected chi connectivity index (χ1v) is 5.73. The smallest absolute Gasteiger partial charge is 0.0780 e. The van der Waals surface area contributed by atoms with Crippen LogP contribution >= 0.6 is 0 Å². The van der Waals surface area contributed by atoms with E-state index >= 15 is 0 Å². The monoisotopic (exact) mass is 201 g/mol. The Balaban J connectivity index is 2.00. The number of hydrogen-bond donors (Lipinski definition) is 1. The van der Waals surface area contributed by atoms with Gasteiger partial charge in [0.2, 0.25) is 0 Å². The molecule has 0 radical (unpaired) electrons. The van der Waals surface area contributed by atoms with Gasteiger partial charge in [0.25, 0.3) is 0 Å². The van der Waals surface area contributed by atoms with Crippen molar-refractivity contribution in [2.45, 2.75) is 32.8 Å². The van der Waals surface area contributed by atoms with Crippen LogP contribution in [0, 0.1) is 5.92 Å². The highest BCUT2D eigenvalue weighted by molar-refractivity contribution is 4.68. The van der Waals surface area contributed by atoms with E-state index in [0.29, 0.717) is 0 Å². The third-order valence-corrected chi connectivity index (χ3v) is 2.63. The molecule has 0 amide bonds. The van der Waals surface area contributed by atoms with E-state index in [9.17, 15) is 0 Å². The molecule has 0 saturated carbocycles. The van der Waals surface area contributed by atoms with Gasteiger partial charge < -0.3 is 14.8 Å². The first kappa shape index (κ1) is 12.0. The van der Waals surface area contributed by atoms with Crippen LogP contribution in [-0.2, 0) is 9.47 Å². The minimum absolute atomic E-state index is 0.241. The molecule has 0 aromatic rings. The lowest BCUT2D eigenvalue weighted by Crippen LogP contribution is -2.31. The molecule has 0 aromatic heterocycles. The highest BCUT2D eigenvalue weighted by atomic mass is 16.5. The molecular formula is C11H23NO2. The molecule has 1 unspecified atom stereocenters. The first-order chi connectivity index (χ1) is 6.83. The summed E-state index contributed by atoms with van der Waals surface area (Å²) >= 11 is 0. The summed E-state index contributed by atoms with van der Waals surface area (Å²) in [5, 5.41) is 3.36. The van der Waals surface area contributed by atoms with E-state index in [1.54, 1.807) is 0 Å². The van der Waals surface area contributed by atoms with E-state index in [0.717, 1.165) is 38.8 Å². The van der Waals surface area contributed by atoms with Crippen LogP contribution in [0.2, 0.25) is 0 Å². The van der Waals surface area contributed by atoms with Gasteiger partial charge in [0.15, 0.2) is 0 Å².